The summed E-state index contributed by atoms with van der Waals surface area (Å²) in [6, 6.07) is 14.3. The maximum atomic E-state index is 12.9. The highest BCUT2D eigenvalue weighted by Crippen LogP contribution is 2.36. The van der Waals surface area contributed by atoms with E-state index in [9.17, 15) is 14.4 Å². The summed E-state index contributed by atoms with van der Waals surface area (Å²) < 4.78 is 5.51. The van der Waals surface area contributed by atoms with Crippen molar-refractivity contribution < 1.29 is 24.2 Å². The number of imide groups is 1. The van der Waals surface area contributed by atoms with Crippen LogP contribution in [0.15, 0.2) is 53.4 Å². The number of ether oxygens (including phenoxy) is 1. The molecule has 1 N–H and O–H groups in total. The van der Waals surface area contributed by atoms with Crippen LogP contribution in [0.5, 0.6) is 5.75 Å². The Morgan fingerprint density at radius 1 is 1.16 bits per heavy atom. The number of aliphatic carboxylic acids is 1. The zero-order chi connectivity index (χ0) is 22.4. The lowest BCUT2D eigenvalue weighted by atomic mass is 10.1. The summed E-state index contributed by atoms with van der Waals surface area (Å²) in [5.41, 5.74) is 2.38. The van der Waals surface area contributed by atoms with Gasteiger partial charge in [0.05, 0.1) is 10.6 Å². The number of amides is 2. The molecule has 1 aliphatic heterocycles. The quantitative estimate of drug-likeness (QED) is 0.519. The number of rotatable bonds is 9. The molecule has 2 amide bonds. The summed E-state index contributed by atoms with van der Waals surface area (Å²) in [5.74, 6) is -1.01. The molecule has 0 bridgehead atoms. The molecule has 0 spiro atoms. The van der Waals surface area contributed by atoms with Crippen molar-refractivity contribution in [2.45, 2.75) is 45.6 Å². The highest BCUT2D eigenvalue weighted by Gasteiger charge is 2.36. The number of benzene rings is 2. The van der Waals surface area contributed by atoms with Crippen molar-refractivity contribution in [3.63, 3.8) is 0 Å². The Morgan fingerprint density at radius 2 is 1.90 bits per heavy atom. The van der Waals surface area contributed by atoms with Gasteiger partial charge in [0.2, 0.25) is 0 Å². The van der Waals surface area contributed by atoms with Crippen LogP contribution in [0.1, 0.15) is 44.2 Å². The maximum Gasteiger partial charge on any atom is 0.344 e. The number of unbranched alkanes of at least 4 members (excludes halogenated alkanes) is 1. The van der Waals surface area contributed by atoms with Crippen LogP contribution < -0.4 is 9.64 Å². The molecule has 1 unspecified atom stereocenters. The average molecular weight is 440 g/mol. The standard InChI is InChI=1S/C24H25NO5S/c1-3-5-7-16-10-12-18(13-11-16)25-22(26)21(31-24(25)29)15-17-8-6-9-19(14-17)30-20(4-2)23(27)28/h6,8-15,20H,3-5,7H2,1-2H3,(H,27,28)/b21-15+. The maximum absolute atomic E-state index is 12.9. The normalized spacial score (nSPS) is 16.1. The molecule has 7 heteroatoms. The van der Waals surface area contributed by atoms with Gasteiger partial charge in [-0.15, -0.1) is 0 Å². The highest BCUT2D eigenvalue weighted by atomic mass is 32.2. The second-order valence-electron chi connectivity index (χ2n) is 7.21. The molecule has 1 saturated heterocycles. The van der Waals surface area contributed by atoms with E-state index in [0.717, 1.165) is 31.0 Å². The SMILES string of the molecule is CCCCc1ccc(N2C(=O)S/C(=C/c3cccc(OC(CC)C(=O)O)c3)C2=O)cc1. The number of carbonyl (C=O) groups is 3. The lowest BCUT2D eigenvalue weighted by Gasteiger charge is -2.13. The molecular weight excluding hydrogens is 414 g/mol. The first kappa shape index (κ1) is 22.6. The van der Waals surface area contributed by atoms with Gasteiger partial charge in [-0.3, -0.25) is 9.59 Å². The summed E-state index contributed by atoms with van der Waals surface area (Å²) >= 11 is 0.882. The van der Waals surface area contributed by atoms with Crippen molar-refractivity contribution in [1.29, 1.82) is 0 Å². The van der Waals surface area contributed by atoms with Gasteiger partial charge < -0.3 is 9.84 Å². The lowest BCUT2D eigenvalue weighted by molar-refractivity contribution is -0.145. The monoisotopic (exact) mass is 439 g/mol. The molecule has 3 rings (SSSR count). The second kappa shape index (κ2) is 10.3. The van der Waals surface area contributed by atoms with Crippen LogP contribution in [0, 0.1) is 0 Å². The number of carboxylic acid groups (broad SMARTS) is 1. The zero-order valence-electron chi connectivity index (χ0n) is 17.5. The first-order chi connectivity index (χ1) is 14.9. The zero-order valence-corrected chi connectivity index (χ0v) is 18.4. The van der Waals surface area contributed by atoms with E-state index in [0.29, 0.717) is 28.3 Å². The number of hydrogen-bond acceptors (Lipinski definition) is 5. The van der Waals surface area contributed by atoms with Gasteiger partial charge in [-0.1, -0.05) is 44.5 Å². The molecule has 6 nitrogen and oxygen atoms in total. The summed E-state index contributed by atoms with van der Waals surface area (Å²) in [7, 11) is 0. The number of carboxylic acids is 1. The molecule has 0 aliphatic carbocycles. The smallest absolute Gasteiger partial charge is 0.344 e. The minimum Gasteiger partial charge on any atom is -0.479 e. The van der Waals surface area contributed by atoms with Crippen molar-refractivity contribution in [3.8, 4) is 5.75 Å². The largest absolute Gasteiger partial charge is 0.479 e. The fraction of sp³-hybridized carbons (Fsp3) is 0.292. The third kappa shape index (κ3) is 5.55. The van der Waals surface area contributed by atoms with E-state index in [1.165, 1.54) is 10.5 Å². The minimum atomic E-state index is -1.03. The Morgan fingerprint density at radius 3 is 2.55 bits per heavy atom. The first-order valence-corrected chi connectivity index (χ1v) is 11.1. The van der Waals surface area contributed by atoms with Gasteiger partial charge in [0, 0.05) is 0 Å². The lowest BCUT2D eigenvalue weighted by Crippen LogP contribution is -2.27. The molecule has 0 radical (unpaired) electrons. The van der Waals surface area contributed by atoms with Crippen LogP contribution in [-0.2, 0) is 16.0 Å². The molecule has 1 aliphatic rings. The Balaban J connectivity index is 1.77. The van der Waals surface area contributed by atoms with Crippen molar-refractivity contribution in [1.82, 2.24) is 0 Å². The summed E-state index contributed by atoms with van der Waals surface area (Å²) in [6.07, 6.45) is 4.18. The number of anilines is 1. The van der Waals surface area contributed by atoms with Crippen LogP contribution in [0.25, 0.3) is 6.08 Å². The molecule has 0 saturated carbocycles. The van der Waals surface area contributed by atoms with E-state index in [1.807, 2.05) is 12.1 Å². The number of nitrogens with zero attached hydrogens (tertiary/aromatic N) is 1. The van der Waals surface area contributed by atoms with Gasteiger partial charge >= 0.3 is 5.97 Å². The number of hydrogen-bond donors (Lipinski definition) is 1. The fourth-order valence-corrected chi connectivity index (χ4v) is 4.03. The van der Waals surface area contributed by atoms with Crippen LogP contribution >= 0.6 is 11.8 Å². The van der Waals surface area contributed by atoms with Gasteiger partial charge in [-0.2, -0.15) is 0 Å². The topological polar surface area (TPSA) is 83.9 Å². The third-order valence-electron chi connectivity index (χ3n) is 4.89. The molecule has 1 heterocycles. The Bertz CT molecular complexity index is 999. The van der Waals surface area contributed by atoms with Gasteiger partial charge in [0.1, 0.15) is 5.75 Å². The Kier molecular flexibility index (Phi) is 7.52. The number of aryl methyl sites for hydroxylation is 1. The predicted octanol–water partition coefficient (Wildman–Crippen LogP) is 5.51. The van der Waals surface area contributed by atoms with Gasteiger partial charge in [0.25, 0.3) is 11.1 Å². The van der Waals surface area contributed by atoms with Gasteiger partial charge in [-0.25, -0.2) is 9.69 Å². The van der Waals surface area contributed by atoms with E-state index in [4.69, 9.17) is 9.84 Å². The molecule has 1 atom stereocenters. The molecule has 2 aromatic carbocycles. The Hall–Kier alpha value is -3.06. The Labute approximate surface area is 185 Å². The molecule has 162 valence electrons. The summed E-state index contributed by atoms with van der Waals surface area (Å²) in [6.45, 7) is 3.87. The van der Waals surface area contributed by atoms with Gasteiger partial charge in [-0.05, 0) is 72.5 Å². The van der Waals surface area contributed by atoms with E-state index >= 15 is 0 Å². The summed E-state index contributed by atoms with van der Waals surface area (Å²) in [5, 5.41) is 8.82. The second-order valence-corrected chi connectivity index (χ2v) is 8.21. The molecule has 0 aromatic heterocycles. The van der Waals surface area contributed by atoms with E-state index in [2.05, 4.69) is 6.92 Å². The summed E-state index contributed by atoms with van der Waals surface area (Å²) in [4.78, 5) is 38.1. The van der Waals surface area contributed by atoms with E-state index < -0.39 is 12.1 Å². The first-order valence-electron chi connectivity index (χ1n) is 10.3. The third-order valence-corrected chi connectivity index (χ3v) is 5.76. The van der Waals surface area contributed by atoms with Gasteiger partial charge in [0.15, 0.2) is 6.10 Å². The molecule has 1 fully saturated rings. The van der Waals surface area contributed by atoms with Crippen molar-refractivity contribution in [2.75, 3.05) is 4.90 Å². The average Bonchev–Trinajstić information content (AvgIpc) is 3.03. The molecule has 2 aromatic rings. The van der Waals surface area contributed by atoms with Crippen LogP contribution in [-0.4, -0.2) is 28.3 Å². The van der Waals surface area contributed by atoms with Crippen molar-refractivity contribution >= 4 is 40.6 Å². The number of carbonyl (C=O) groups excluding carboxylic acids is 2. The van der Waals surface area contributed by atoms with Crippen molar-refractivity contribution in [2.24, 2.45) is 0 Å². The van der Waals surface area contributed by atoms with Crippen LogP contribution in [0.3, 0.4) is 0 Å². The molecule has 31 heavy (non-hydrogen) atoms. The van der Waals surface area contributed by atoms with Crippen LogP contribution in [0.4, 0.5) is 10.5 Å². The number of thioether (sulfide) groups is 1. The van der Waals surface area contributed by atoms with E-state index in [1.54, 1.807) is 49.4 Å². The molecular formula is C24H25NO5S. The highest BCUT2D eigenvalue weighted by molar-refractivity contribution is 8.19. The minimum absolute atomic E-state index is 0.308. The van der Waals surface area contributed by atoms with E-state index in [-0.39, 0.29) is 11.1 Å². The van der Waals surface area contributed by atoms with Crippen LogP contribution in [0.2, 0.25) is 0 Å². The predicted molar refractivity (Wildman–Crippen MR) is 122 cm³/mol. The fourth-order valence-electron chi connectivity index (χ4n) is 3.18. The van der Waals surface area contributed by atoms with Crippen molar-refractivity contribution in [3.05, 3.63) is 64.6 Å².